The topological polar surface area (TPSA) is 58.2 Å². The van der Waals surface area contributed by atoms with Gasteiger partial charge in [-0.1, -0.05) is 56.7 Å². The lowest BCUT2D eigenvalue weighted by Crippen LogP contribution is -2.27. The van der Waals surface area contributed by atoms with Crippen LogP contribution in [0.5, 0.6) is 0 Å². The van der Waals surface area contributed by atoms with Crippen molar-refractivity contribution in [3.63, 3.8) is 0 Å². The zero-order chi connectivity index (χ0) is 18.5. The molecule has 1 saturated carbocycles. The Kier molecular flexibility index (Phi) is 5.71. The van der Waals surface area contributed by atoms with Gasteiger partial charge in [-0.25, -0.2) is 0 Å². The van der Waals surface area contributed by atoms with Crippen LogP contribution in [0.4, 0.5) is 5.69 Å². The fraction of sp³-hybridized carbons (Fsp3) is 0.364. The van der Waals surface area contributed by atoms with E-state index in [4.69, 9.17) is 0 Å². The zero-order valence-corrected chi connectivity index (χ0v) is 15.4. The van der Waals surface area contributed by atoms with Gasteiger partial charge in [0.25, 0.3) is 5.91 Å². The molecule has 0 radical (unpaired) electrons. The largest absolute Gasteiger partial charge is 0.349 e. The third-order valence-corrected chi connectivity index (χ3v) is 4.96. The van der Waals surface area contributed by atoms with E-state index < -0.39 is 0 Å². The normalized spacial score (nSPS) is 15.8. The van der Waals surface area contributed by atoms with Gasteiger partial charge in [0.05, 0.1) is 5.92 Å². The lowest BCUT2D eigenvalue weighted by Gasteiger charge is -2.23. The summed E-state index contributed by atoms with van der Waals surface area (Å²) >= 11 is 0. The minimum Gasteiger partial charge on any atom is -0.349 e. The number of hydrogen-bond donors (Lipinski definition) is 2. The van der Waals surface area contributed by atoms with Crippen molar-refractivity contribution in [3.8, 4) is 0 Å². The molecule has 1 aliphatic rings. The van der Waals surface area contributed by atoms with Crippen LogP contribution in [0, 0.1) is 5.92 Å². The highest BCUT2D eigenvalue weighted by Crippen LogP contribution is 2.28. The summed E-state index contributed by atoms with van der Waals surface area (Å²) in [6, 6.07) is 17.3. The first-order chi connectivity index (χ1) is 12.6. The summed E-state index contributed by atoms with van der Waals surface area (Å²) in [5, 5.41) is 5.98. The molecule has 0 aromatic heterocycles. The van der Waals surface area contributed by atoms with E-state index in [9.17, 15) is 9.59 Å². The van der Waals surface area contributed by atoms with Gasteiger partial charge >= 0.3 is 0 Å². The zero-order valence-electron chi connectivity index (χ0n) is 15.4. The highest BCUT2D eigenvalue weighted by Gasteiger charge is 2.26. The minimum absolute atomic E-state index is 0.0368. The Labute approximate surface area is 155 Å². The van der Waals surface area contributed by atoms with Crippen LogP contribution in [-0.4, -0.2) is 17.9 Å². The first-order valence-corrected chi connectivity index (χ1v) is 9.35. The Morgan fingerprint density at radius 3 is 2.46 bits per heavy atom. The van der Waals surface area contributed by atoms with Crippen molar-refractivity contribution < 1.29 is 9.59 Å². The van der Waals surface area contributed by atoms with Crippen LogP contribution in [0.2, 0.25) is 0 Å². The molecule has 2 atom stereocenters. The average Bonchev–Trinajstić information content (AvgIpc) is 3.47. The first kappa shape index (κ1) is 18.2. The second-order valence-corrected chi connectivity index (χ2v) is 7.09. The van der Waals surface area contributed by atoms with Crippen molar-refractivity contribution in [2.45, 2.75) is 45.1 Å². The predicted molar refractivity (Wildman–Crippen MR) is 104 cm³/mol. The highest BCUT2D eigenvalue weighted by atomic mass is 16.2. The standard InChI is InChI=1S/C22H26N2O2/c1-3-15(2)20(16-8-5-4-6-9-16)22(26)24-19-11-7-10-17(14-19)21(25)23-18-12-13-18/h4-11,14-15,18,20H,3,12-13H2,1-2H3,(H,23,25)(H,24,26). The Hall–Kier alpha value is -2.62. The van der Waals surface area contributed by atoms with Gasteiger partial charge < -0.3 is 10.6 Å². The smallest absolute Gasteiger partial charge is 0.251 e. The van der Waals surface area contributed by atoms with E-state index in [1.54, 1.807) is 18.2 Å². The number of nitrogens with one attached hydrogen (secondary N) is 2. The van der Waals surface area contributed by atoms with E-state index in [2.05, 4.69) is 24.5 Å². The number of benzene rings is 2. The molecule has 2 amide bonds. The van der Waals surface area contributed by atoms with Crippen molar-refractivity contribution in [3.05, 3.63) is 65.7 Å². The van der Waals surface area contributed by atoms with E-state index in [-0.39, 0.29) is 23.7 Å². The summed E-state index contributed by atoms with van der Waals surface area (Å²) in [5.41, 5.74) is 2.25. The molecule has 26 heavy (non-hydrogen) atoms. The Morgan fingerprint density at radius 2 is 1.81 bits per heavy atom. The molecule has 0 heterocycles. The van der Waals surface area contributed by atoms with Gasteiger partial charge in [0.2, 0.25) is 5.91 Å². The van der Waals surface area contributed by atoms with Gasteiger partial charge in [0.1, 0.15) is 0 Å². The molecule has 0 bridgehead atoms. The van der Waals surface area contributed by atoms with E-state index in [1.165, 1.54) is 0 Å². The SMILES string of the molecule is CCC(C)C(C(=O)Nc1cccc(C(=O)NC2CC2)c1)c1ccccc1. The summed E-state index contributed by atoms with van der Waals surface area (Å²) < 4.78 is 0. The number of carbonyl (C=O) groups excluding carboxylic acids is 2. The summed E-state index contributed by atoms with van der Waals surface area (Å²) in [6.45, 7) is 4.19. The molecule has 4 nitrogen and oxygen atoms in total. The van der Waals surface area contributed by atoms with Crippen LogP contribution in [0.3, 0.4) is 0 Å². The number of carbonyl (C=O) groups is 2. The molecule has 0 aliphatic heterocycles. The molecule has 2 aromatic carbocycles. The van der Waals surface area contributed by atoms with Crippen molar-refractivity contribution in [2.75, 3.05) is 5.32 Å². The fourth-order valence-corrected chi connectivity index (χ4v) is 3.09. The van der Waals surface area contributed by atoms with Gasteiger partial charge in [-0.15, -0.1) is 0 Å². The summed E-state index contributed by atoms with van der Waals surface area (Å²) in [4.78, 5) is 25.2. The molecule has 1 fully saturated rings. The van der Waals surface area contributed by atoms with Crippen LogP contribution >= 0.6 is 0 Å². The van der Waals surface area contributed by atoms with E-state index >= 15 is 0 Å². The monoisotopic (exact) mass is 350 g/mol. The quantitative estimate of drug-likeness (QED) is 0.780. The van der Waals surface area contributed by atoms with Gasteiger partial charge in [-0.2, -0.15) is 0 Å². The molecule has 0 saturated heterocycles. The van der Waals surface area contributed by atoms with Gasteiger partial charge in [-0.05, 0) is 42.5 Å². The van der Waals surface area contributed by atoms with Crippen molar-refractivity contribution in [1.82, 2.24) is 5.32 Å². The second kappa shape index (κ2) is 8.17. The lowest BCUT2D eigenvalue weighted by atomic mass is 9.85. The fourth-order valence-electron chi connectivity index (χ4n) is 3.09. The van der Waals surface area contributed by atoms with E-state index in [0.717, 1.165) is 24.8 Å². The molecular weight excluding hydrogens is 324 g/mol. The second-order valence-electron chi connectivity index (χ2n) is 7.09. The maximum Gasteiger partial charge on any atom is 0.251 e. The molecule has 3 rings (SSSR count). The third-order valence-electron chi connectivity index (χ3n) is 4.96. The van der Waals surface area contributed by atoms with Gasteiger partial charge in [0, 0.05) is 17.3 Å². The van der Waals surface area contributed by atoms with Crippen LogP contribution in [0.1, 0.15) is 54.9 Å². The number of rotatable bonds is 7. The average molecular weight is 350 g/mol. The predicted octanol–water partition coefficient (Wildman–Crippen LogP) is 4.35. The maximum absolute atomic E-state index is 13.0. The lowest BCUT2D eigenvalue weighted by molar-refractivity contribution is -0.118. The van der Waals surface area contributed by atoms with Crippen molar-refractivity contribution in [2.24, 2.45) is 5.92 Å². The summed E-state index contributed by atoms with van der Waals surface area (Å²) in [6.07, 6.45) is 3.02. The third kappa shape index (κ3) is 4.51. The summed E-state index contributed by atoms with van der Waals surface area (Å²) in [7, 11) is 0. The molecule has 2 unspecified atom stereocenters. The number of anilines is 1. The van der Waals surface area contributed by atoms with E-state index in [1.807, 2.05) is 36.4 Å². The molecule has 136 valence electrons. The van der Waals surface area contributed by atoms with Crippen molar-refractivity contribution >= 4 is 17.5 Å². The van der Waals surface area contributed by atoms with E-state index in [0.29, 0.717) is 17.3 Å². The van der Waals surface area contributed by atoms with Gasteiger partial charge in [-0.3, -0.25) is 9.59 Å². The molecule has 4 heteroatoms. The molecule has 0 spiro atoms. The Balaban J connectivity index is 1.75. The number of hydrogen-bond acceptors (Lipinski definition) is 2. The summed E-state index contributed by atoms with van der Waals surface area (Å²) in [5.74, 6) is -0.112. The first-order valence-electron chi connectivity index (χ1n) is 9.35. The Bertz CT molecular complexity index is 769. The minimum atomic E-state index is -0.217. The molecule has 1 aliphatic carbocycles. The van der Waals surface area contributed by atoms with Gasteiger partial charge in [0.15, 0.2) is 0 Å². The highest BCUT2D eigenvalue weighted by molar-refractivity contribution is 5.99. The number of amides is 2. The van der Waals surface area contributed by atoms with Crippen molar-refractivity contribution in [1.29, 1.82) is 0 Å². The molecule has 2 aromatic rings. The van der Waals surface area contributed by atoms with Crippen LogP contribution < -0.4 is 10.6 Å². The molecule has 2 N–H and O–H groups in total. The van der Waals surface area contributed by atoms with Crippen LogP contribution in [0.15, 0.2) is 54.6 Å². The molecular formula is C22H26N2O2. The maximum atomic E-state index is 13.0. The van der Waals surface area contributed by atoms with Crippen LogP contribution in [-0.2, 0) is 4.79 Å². The Morgan fingerprint density at radius 1 is 1.08 bits per heavy atom. The van der Waals surface area contributed by atoms with Crippen LogP contribution in [0.25, 0.3) is 0 Å².